The van der Waals surface area contributed by atoms with Crippen molar-refractivity contribution in [3.8, 4) is 6.07 Å². The van der Waals surface area contributed by atoms with Gasteiger partial charge in [0.25, 0.3) is 0 Å². The molecule has 0 aliphatic rings. The fraction of sp³-hybridized carbons (Fsp3) is 0.286. The predicted molar refractivity (Wildman–Crippen MR) is 71.3 cm³/mol. The standard InChI is InChI=1S/C14H12F2N2OS/c15-12-2-1-9(5-13(12)16)11(6-17)10(3-4-19)14-7-18-8-20-14/h1-2,5,7-8,10-11,19H,3-4H2/t10-,11-/m1/s1. The first kappa shape index (κ1) is 14.6. The molecule has 0 saturated heterocycles. The molecule has 0 aliphatic heterocycles. The van der Waals surface area contributed by atoms with Gasteiger partial charge in [-0.2, -0.15) is 5.26 Å². The molecule has 0 spiro atoms. The van der Waals surface area contributed by atoms with E-state index in [0.717, 1.165) is 17.0 Å². The van der Waals surface area contributed by atoms with Crippen LogP contribution in [0.5, 0.6) is 0 Å². The first-order valence-corrected chi connectivity index (χ1v) is 6.89. The van der Waals surface area contributed by atoms with Crippen molar-refractivity contribution in [3.05, 3.63) is 52.0 Å². The highest BCUT2D eigenvalue weighted by Crippen LogP contribution is 2.37. The van der Waals surface area contributed by atoms with Crippen molar-refractivity contribution in [2.75, 3.05) is 6.61 Å². The molecule has 1 aromatic heterocycles. The van der Waals surface area contributed by atoms with Crippen molar-refractivity contribution in [2.24, 2.45) is 0 Å². The summed E-state index contributed by atoms with van der Waals surface area (Å²) in [4.78, 5) is 4.80. The Hall–Kier alpha value is -1.84. The number of rotatable bonds is 5. The number of thiazole rings is 1. The van der Waals surface area contributed by atoms with Crippen LogP contribution in [0.15, 0.2) is 29.9 Å². The second-order valence-corrected chi connectivity index (χ2v) is 5.22. The lowest BCUT2D eigenvalue weighted by Crippen LogP contribution is -2.11. The van der Waals surface area contributed by atoms with Gasteiger partial charge in [0.05, 0.1) is 17.5 Å². The fourth-order valence-electron chi connectivity index (χ4n) is 2.12. The molecule has 1 aromatic carbocycles. The fourth-order valence-corrected chi connectivity index (χ4v) is 2.92. The van der Waals surface area contributed by atoms with Gasteiger partial charge in [-0.1, -0.05) is 6.07 Å². The molecule has 20 heavy (non-hydrogen) atoms. The lowest BCUT2D eigenvalue weighted by Gasteiger charge is -2.20. The summed E-state index contributed by atoms with van der Waals surface area (Å²) >= 11 is 1.38. The van der Waals surface area contributed by atoms with Crippen LogP contribution in [-0.2, 0) is 0 Å². The first-order valence-electron chi connectivity index (χ1n) is 6.01. The van der Waals surface area contributed by atoms with E-state index in [9.17, 15) is 14.0 Å². The Bertz CT molecular complexity index is 610. The van der Waals surface area contributed by atoms with Gasteiger partial charge in [0.1, 0.15) is 0 Å². The molecule has 104 valence electrons. The summed E-state index contributed by atoms with van der Waals surface area (Å²) in [5.41, 5.74) is 2.04. The van der Waals surface area contributed by atoms with Crippen molar-refractivity contribution in [2.45, 2.75) is 18.3 Å². The summed E-state index contributed by atoms with van der Waals surface area (Å²) < 4.78 is 26.3. The molecule has 1 N–H and O–H groups in total. The van der Waals surface area contributed by atoms with Gasteiger partial charge >= 0.3 is 0 Å². The zero-order valence-electron chi connectivity index (χ0n) is 10.5. The third-order valence-corrected chi connectivity index (χ3v) is 4.01. The van der Waals surface area contributed by atoms with Crippen molar-refractivity contribution >= 4 is 11.3 Å². The lowest BCUT2D eigenvalue weighted by atomic mass is 9.84. The first-order chi connectivity index (χ1) is 9.67. The summed E-state index contributed by atoms with van der Waals surface area (Å²) in [6.07, 6.45) is 1.99. The Morgan fingerprint density at radius 3 is 2.70 bits per heavy atom. The van der Waals surface area contributed by atoms with Gasteiger partial charge in [-0.15, -0.1) is 11.3 Å². The van der Waals surface area contributed by atoms with Gasteiger partial charge in [0.15, 0.2) is 11.6 Å². The van der Waals surface area contributed by atoms with Gasteiger partial charge < -0.3 is 5.11 Å². The summed E-state index contributed by atoms with van der Waals surface area (Å²) in [6, 6.07) is 5.57. The molecular weight excluding hydrogens is 282 g/mol. The van der Waals surface area contributed by atoms with Crippen molar-refractivity contribution in [1.29, 1.82) is 5.26 Å². The molecule has 0 amide bonds. The normalized spacial score (nSPS) is 13.7. The lowest BCUT2D eigenvalue weighted by molar-refractivity contribution is 0.272. The Kier molecular flexibility index (Phi) is 4.77. The predicted octanol–water partition coefficient (Wildman–Crippen LogP) is 3.19. The molecule has 3 nitrogen and oxygen atoms in total. The van der Waals surface area contributed by atoms with E-state index in [0.29, 0.717) is 12.0 Å². The maximum atomic E-state index is 13.3. The van der Waals surface area contributed by atoms with E-state index in [4.69, 9.17) is 5.11 Å². The highest BCUT2D eigenvalue weighted by atomic mass is 32.1. The molecule has 2 atom stereocenters. The highest BCUT2D eigenvalue weighted by Gasteiger charge is 2.26. The van der Waals surface area contributed by atoms with Gasteiger partial charge in [-0.3, -0.25) is 4.98 Å². The van der Waals surface area contributed by atoms with E-state index >= 15 is 0 Å². The van der Waals surface area contributed by atoms with Crippen LogP contribution >= 0.6 is 11.3 Å². The minimum atomic E-state index is -0.977. The summed E-state index contributed by atoms with van der Waals surface area (Å²) in [5.74, 6) is -2.86. The van der Waals surface area contributed by atoms with Crippen LogP contribution in [0.3, 0.4) is 0 Å². The van der Waals surface area contributed by atoms with Gasteiger partial charge in [-0.05, 0) is 24.1 Å². The maximum absolute atomic E-state index is 13.3. The topological polar surface area (TPSA) is 56.9 Å². The van der Waals surface area contributed by atoms with E-state index in [2.05, 4.69) is 11.1 Å². The molecule has 0 aliphatic carbocycles. The van der Waals surface area contributed by atoms with E-state index in [1.165, 1.54) is 17.4 Å². The molecule has 0 bridgehead atoms. The number of aromatic nitrogens is 1. The molecule has 0 saturated carbocycles. The number of nitriles is 1. The van der Waals surface area contributed by atoms with E-state index in [1.807, 2.05) is 0 Å². The average Bonchev–Trinajstić information content (AvgIpc) is 2.96. The molecule has 1 heterocycles. The smallest absolute Gasteiger partial charge is 0.159 e. The molecule has 0 unspecified atom stereocenters. The van der Waals surface area contributed by atoms with Crippen LogP contribution in [0, 0.1) is 23.0 Å². The van der Waals surface area contributed by atoms with E-state index < -0.39 is 17.6 Å². The Labute approximate surface area is 119 Å². The van der Waals surface area contributed by atoms with Crippen LogP contribution in [0.1, 0.15) is 28.7 Å². The van der Waals surface area contributed by atoms with Gasteiger partial charge in [0, 0.05) is 23.6 Å². The number of hydrogen-bond donors (Lipinski definition) is 1. The number of nitrogens with zero attached hydrogens (tertiary/aromatic N) is 2. The van der Waals surface area contributed by atoms with Crippen molar-refractivity contribution in [3.63, 3.8) is 0 Å². The second-order valence-electron chi connectivity index (χ2n) is 4.30. The molecule has 2 rings (SSSR count). The Balaban J connectivity index is 2.38. The number of halogens is 2. The van der Waals surface area contributed by atoms with Gasteiger partial charge in [-0.25, -0.2) is 8.78 Å². The van der Waals surface area contributed by atoms with E-state index in [-0.39, 0.29) is 12.5 Å². The van der Waals surface area contributed by atoms with E-state index in [1.54, 1.807) is 11.7 Å². The second kappa shape index (κ2) is 6.55. The quantitative estimate of drug-likeness (QED) is 0.921. The van der Waals surface area contributed by atoms with Crippen LogP contribution in [0.25, 0.3) is 0 Å². The number of aliphatic hydroxyl groups excluding tert-OH is 1. The third-order valence-electron chi connectivity index (χ3n) is 3.10. The van der Waals surface area contributed by atoms with Crippen molar-refractivity contribution in [1.82, 2.24) is 4.98 Å². The van der Waals surface area contributed by atoms with Crippen molar-refractivity contribution < 1.29 is 13.9 Å². The number of aliphatic hydroxyl groups is 1. The summed E-state index contributed by atoms with van der Waals surface area (Å²) in [6.45, 7) is -0.0928. The molecule has 0 fully saturated rings. The summed E-state index contributed by atoms with van der Waals surface area (Å²) in [5, 5.41) is 18.5. The monoisotopic (exact) mass is 294 g/mol. The number of hydrogen-bond acceptors (Lipinski definition) is 4. The minimum absolute atomic E-state index is 0.0928. The van der Waals surface area contributed by atoms with Crippen LogP contribution in [0.4, 0.5) is 8.78 Å². The third kappa shape index (κ3) is 3.00. The van der Waals surface area contributed by atoms with Crippen LogP contribution in [-0.4, -0.2) is 16.7 Å². The van der Waals surface area contributed by atoms with Gasteiger partial charge in [0.2, 0.25) is 0 Å². The molecular formula is C14H12F2N2OS. The van der Waals surface area contributed by atoms with Crippen LogP contribution < -0.4 is 0 Å². The Morgan fingerprint density at radius 1 is 1.35 bits per heavy atom. The molecule has 2 aromatic rings. The zero-order chi connectivity index (χ0) is 14.5. The Morgan fingerprint density at radius 2 is 2.15 bits per heavy atom. The zero-order valence-corrected chi connectivity index (χ0v) is 11.3. The largest absolute Gasteiger partial charge is 0.396 e. The molecule has 0 radical (unpaired) electrons. The highest BCUT2D eigenvalue weighted by molar-refractivity contribution is 7.09. The maximum Gasteiger partial charge on any atom is 0.159 e. The minimum Gasteiger partial charge on any atom is -0.396 e. The van der Waals surface area contributed by atoms with Crippen LogP contribution in [0.2, 0.25) is 0 Å². The average molecular weight is 294 g/mol. The molecule has 6 heteroatoms. The number of benzene rings is 1. The summed E-state index contributed by atoms with van der Waals surface area (Å²) in [7, 11) is 0. The SMILES string of the molecule is N#C[C@H](c1ccc(F)c(F)c1)[C@@H](CCO)c1cncs1.